The molecule has 1 amide bonds. The molecule has 4 nitrogen and oxygen atoms in total. The van der Waals surface area contributed by atoms with Crippen molar-refractivity contribution in [3.05, 3.63) is 41.6 Å². The van der Waals surface area contributed by atoms with Crippen molar-refractivity contribution in [2.75, 3.05) is 13.1 Å². The summed E-state index contributed by atoms with van der Waals surface area (Å²) < 4.78 is 31.5. The lowest BCUT2D eigenvalue weighted by Crippen LogP contribution is -2.31. The Bertz CT molecular complexity index is 677. The number of hydrogen-bond donors (Lipinski definition) is 0. The fraction of sp³-hybridized carbons (Fsp3) is 0.375. The number of likely N-dealkylation sites (tertiary alicyclic amines) is 1. The number of aromatic nitrogens is 1. The van der Waals surface area contributed by atoms with E-state index in [-0.39, 0.29) is 17.2 Å². The molecule has 0 aliphatic carbocycles. The Kier molecular flexibility index (Phi) is 4.18. The molecule has 0 bridgehead atoms. The topological polar surface area (TPSA) is 46.3 Å². The van der Waals surface area contributed by atoms with Gasteiger partial charge in [0.25, 0.3) is 5.91 Å². The zero-order chi connectivity index (χ0) is 15.5. The molecular weight excluding hydrogens is 290 g/mol. The summed E-state index contributed by atoms with van der Waals surface area (Å²) in [4.78, 5) is 14.4. The number of carbonyl (C=O) groups excluding carboxylic acids is 1. The average Bonchev–Trinajstić information content (AvgIpc) is 2.84. The van der Waals surface area contributed by atoms with Crippen molar-refractivity contribution in [3.63, 3.8) is 0 Å². The summed E-state index contributed by atoms with van der Waals surface area (Å²) in [5.74, 6) is -1.93. The second-order valence-corrected chi connectivity index (χ2v) is 5.40. The molecule has 1 aliphatic heterocycles. The molecule has 1 aromatic heterocycles. The van der Waals surface area contributed by atoms with Crippen LogP contribution in [-0.4, -0.2) is 29.1 Å². The molecule has 3 rings (SSSR count). The summed E-state index contributed by atoms with van der Waals surface area (Å²) in [5, 5.41) is 3.65. The van der Waals surface area contributed by atoms with Crippen molar-refractivity contribution >= 4 is 5.91 Å². The first-order valence-corrected chi connectivity index (χ1v) is 7.36. The number of benzene rings is 1. The summed E-state index contributed by atoms with van der Waals surface area (Å²) >= 11 is 0. The SMILES string of the molecule is O=C(c1cnoc1-c1ccc(F)c(F)c1)N1CCCCCC1. The standard InChI is InChI=1S/C16H16F2N2O2/c17-13-6-5-11(9-14(13)18)15-12(10-19-22-15)16(21)20-7-3-1-2-4-8-20/h5-6,9-10H,1-4,7-8H2. The normalized spacial score (nSPS) is 15.6. The largest absolute Gasteiger partial charge is 0.355 e. The molecule has 1 fully saturated rings. The van der Waals surface area contributed by atoms with Gasteiger partial charge in [0.1, 0.15) is 5.56 Å². The Morgan fingerprint density at radius 2 is 1.82 bits per heavy atom. The van der Waals surface area contributed by atoms with Crippen molar-refractivity contribution in [1.29, 1.82) is 0 Å². The van der Waals surface area contributed by atoms with E-state index in [4.69, 9.17) is 4.52 Å². The van der Waals surface area contributed by atoms with Crippen molar-refractivity contribution in [2.45, 2.75) is 25.7 Å². The highest BCUT2D eigenvalue weighted by molar-refractivity contribution is 5.99. The third kappa shape index (κ3) is 2.86. The van der Waals surface area contributed by atoms with E-state index in [9.17, 15) is 13.6 Å². The predicted octanol–water partition coefficient (Wildman–Crippen LogP) is 3.64. The Hall–Kier alpha value is -2.24. The minimum Gasteiger partial charge on any atom is -0.355 e. The van der Waals surface area contributed by atoms with Gasteiger partial charge in [-0.25, -0.2) is 8.78 Å². The average molecular weight is 306 g/mol. The van der Waals surface area contributed by atoms with Gasteiger partial charge < -0.3 is 9.42 Å². The lowest BCUT2D eigenvalue weighted by atomic mass is 10.1. The van der Waals surface area contributed by atoms with Gasteiger partial charge in [0.15, 0.2) is 17.4 Å². The lowest BCUT2D eigenvalue weighted by molar-refractivity contribution is 0.0762. The lowest BCUT2D eigenvalue weighted by Gasteiger charge is -2.19. The minimum absolute atomic E-state index is 0.174. The Labute approximate surface area is 126 Å². The van der Waals surface area contributed by atoms with Crippen molar-refractivity contribution in [1.82, 2.24) is 10.1 Å². The van der Waals surface area contributed by atoms with E-state index in [1.807, 2.05) is 0 Å². The molecule has 22 heavy (non-hydrogen) atoms. The van der Waals surface area contributed by atoms with E-state index in [0.29, 0.717) is 18.7 Å². The van der Waals surface area contributed by atoms with E-state index in [0.717, 1.165) is 37.8 Å². The predicted molar refractivity (Wildman–Crippen MR) is 76.2 cm³/mol. The first kappa shape index (κ1) is 14.7. The van der Waals surface area contributed by atoms with Gasteiger partial charge in [-0.05, 0) is 31.0 Å². The van der Waals surface area contributed by atoms with Crippen molar-refractivity contribution < 1.29 is 18.1 Å². The monoisotopic (exact) mass is 306 g/mol. The summed E-state index contributed by atoms with van der Waals surface area (Å²) in [6, 6.07) is 3.39. The van der Waals surface area contributed by atoms with Crippen LogP contribution >= 0.6 is 0 Å². The van der Waals surface area contributed by atoms with Crippen LogP contribution in [0.2, 0.25) is 0 Å². The van der Waals surface area contributed by atoms with Crippen LogP contribution in [0.3, 0.4) is 0 Å². The molecule has 2 heterocycles. The summed E-state index contributed by atoms with van der Waals surface area (Å²) in [6.07, 6.45) is 5.51. The molecule has 6 heteroatoms. The van der Waals surface area contributed by atoms with Crippen LogP contribution in [0.25, 0.3) is 11.3 Å². The zero-order valence-corrected chi connectivity index (χ0v) is 12.0. The maximum Gasteiger partial charge on any atom is 0.259 e. The summed E-state index contributed by atoms with van der Waals surface area (Å²) in [6.45, 7) is 1.39. The molecule has 0 unspecified atom stereocenters. The molecular formula is C16H16F2N2O2. The molecule has 1 aliphatic rings. The molecule has 0 saturated carbocycles. The quantitative estimate of drug-likeness (QED) is 0.851. The van der Waals surface area contributed by atoms with Crippen LogP contribution in [0.15, 0.2) is 28.9 Å². The second kappa shape index (κ2) is 6.25. The number of hydrogen-bond acceptors (Lipinski definition) is 3. The molecule has 0 spiro atoms. The van der Waals surface area contributed by atoms with Crippen LogP contribution in [0.4, 0.5) is 8.78 Å². The van der Waals surface area contributed by atoms with E-state index >= 15 is 0 Å². The maximum atomic E-state index is 13.4. The molecule has 1 saturated heterocycles. The van der Waals surface area contributed by atoms with Gasteiger partial charge in [0.05, 0.1) is 6.20 Å². The Morgan fingerprint density at radius 3 is 2.50 bits per heavy atom. The summed E-state index contributed by atoms with van der Waals surface area (Å²) in [5.41, 5.74) is 0.586. The maximum absolute atomic E-state index is 13.4. The molecule has 116 valence electrons. The first-order chi connectivity index (χ1) is 10.7. The first-order valence-electron chi connectivity index (χ1n) is 7.36. The molecule has 0 radical (unpaired) electrons. The zero-order valence-electron chi connectivity index (χ0n) is 12.0. The third-order valence-corrected chi connectivity index (χ3v) is 3.88. The van der Waals surface area contributed by atoms with E-state index in [1.165, 1.54) is 12.3 Å². The van der Waals surface area contributed by atoms with Gasteiger partial charge in [-0.1, -0.05) is 18.0 Å². The van der Waals surface area contributed by atoms with Crippen LogP contribution < -0.4 is 0 Å². The van der Waals surface area contributed by atoms with E-state index in [2.05, 4.69) is 5.16 Å². The van der Waals surface area contributed by atoms with Gasteiger partial charge in [-0.3, -0.25) is 4.79 Å². The minimum atomic E-state index is -0.984. The van der Waals surface area contributed by atoms with Gasteiger partial charge in [-0.2, -0.15) is 0 Å². The van der Waals surface area contributed by atoms with Gasteiger partial charge in [-0.15, -0.1) is 0 Å². The van der Waals surface area contributed by atoms with Gasteiger partial charge in [0, 0.05) is 18.7 Å². The number of halogens is 2. The molecule has 0 N–H and O–H groups in total. The highest BCUT2D eigenvalue weighted by atomic mass is 19.2. The second-order valence-electron chi connectivity index (χ2n) is 5.40. The Morgan fingerprint density at radius 1 is 1.09 bits per heavy atom. The van der Waals surface area contributed by atoms with Crippen LogP contribution in [0, 0.1) is 11.6 Å². The fourth-order valence-corrected chi connectivity index (χ4v) is 2.68. The van der Waals surface area contributed by atoms with Crippen LogP contribution in [0.5, 0.6) is 0 Å². The molecule has 2 aromatic rings. The smallest absolute Gasteiger partial charge is 0.259 e. The van der Waals surface area contributed by atoms with Gasteiger partial charge >= 0.3 is 0 Å². The van der Waals surface area contributed by atoms with Crippen molar-refractivity contribution in [2.24, 2.45) is 0 Å². The number of rotatable bonds is 2. The number of nitrogens with zero attached hydrogens (tertiary/aromatic N) is 2. The van der Waals surface area contributed by atoms with E-state index < -0.39 is 11.6 Å². The van der Waals surface area contributed by atoms with Crippen LogP contribution in [-0.2, 0) is 0 Å². The van der Waals surface area contributed by atoms with E-state index in [1.54, 1.807) is 4.90 Å². The highest BCUT2D eigenvalue weighted by Gasteiger charge is 2.24. The third-order valence-electron chi connectivity index (χ3n) is 3.88. The van der Waals surface area contributed by atoms with Crippen molar-refractivity contribution in [3.8, 4) is 11.3 Å². The fourth-order valence-electron chi connectivity index (χ4n) is 2.68. The Balaban J connectivity index is 1.90. The molecule has 1 aromatic carbocycles. The number of carbonyl (C=O) groups is 1. The van der Waals surface area contributed by atoms with Crippen LogP contribution in [0.1, 0.15) is 36.0 Å². The summed E-state index contributed by atoms with van der Waals surface area (Å²) in [7, 11) is 0. The highest BCUT2D eigenvalue weighted by Crippen LogP contribution is 2.26. The number of amides is 1. The van der Waals surface area contributed by atoms with Gasteiger partial charge in [0.2, 0.25) is 0 Å². The molecule has 0 atom stereocenters.